The Morgan fingerprint density at radius 2 is 0.568 bits per heavy atom. The maximum atomic E-state index is 13.1. The Labute approximate surface area is 461 Å². The second-order valence-electron chi connectivity index (χ2n) is 23.5. The van der Waals surface area contributed by atoms with Crippen LogP contribution in [0.2, 0.25) is 0 Å². The lowest BCUT2D eigenvalue weighted by atomic mass is 9.92. The van der Waals surface area contributed by atoms with Gasteiger partial charge in [0, 0.05) is 23.1 Å². The zero-order valence-corrected chi connectivity index (χ0v) is 50.3. The number of allylic oxidation sites excluding steroid dienone is 2. The quantitative estimate of drug-likeness (QED) is 0.0359. The van der Waals surface area contributed by atoms with Gasteiger partial charge in [0.05, 0.1) is 0 Å². The summed E-state index contributed by atoms with van der Waals surface area (Å²) in [6.45, 7) is 13.9. The van der Waals surface area contributed by atoms with E-state index < -0.39 is 0 Å². The number of hydrogen-bond acceptors (Lipinski definition) is 0. The van der Waals surface area contributed by atoms with Crippen molar-refractivity contribution in [3.8, 4) is 11.8 Å². The van der Waals surface area contributed by atoms with Crippen LogP contribution in [0.4, 0.5) is 0 Å². The molecule has 1 aliphatic heterocycles. The average molecular weight is 1010 g/mol. The summed E-state index contributed by atoms with van der Waals surface area (Å²) in [5.74, 6) is 7.64. The van der Waals surface area contributed by atoms with Crippen LogP contribution in [0.5, 0.6) is 0 Å². The second-order valence-corrected chi connectivity index (χ2v) is 23.5. The Balaban J connectivity index is 2.04. The highest BCUT2D eigenvalue weighted by Crippen LogP contribution is 2.43. The van der Waals surface area contributed by atoms with Gasteiger partial charge in [-0.3, -0.25) is 0 Å². The van der Waals surface area contributed by atoms with Crippen LogP contribution in [0.3, 0.4) is 0 Å². The van der Waals surface area contributed by atoms with Crippen LogP contribution < -0.4 is 0 Å². The molecule has 0 spiro atoms. The molecule has 0 amide bonds. The van der Waals surface area contributed by atoms with Crippen LogP contribution >= 0.6 is 0 Å². The molecule has 0 aliphatic carbocycles. The van der Waals surface area contributed by atoms with Gasteiger partial charge in [-0.05, 0) is 117 Å². The summed E-state index contributed by atoms with van der Waals surface area (Å²) in [5, 5.41) is 0. The Bertz CT molecular complexity index is 1770. The third-order valence-electron chi connectivity index (χ3n) is 16.3. The molecule has 1 aliphatic rings. The minimum Gasteiger partial charge on any atom is -0.493 e. The van der Waals surface area contributed by atoms with Crippen LogP contribution in [-0.4, -0.2) is 4.70 Å². The lowest BCUT2D eigenvalue weighted by molar-refractivity contribution is -0.345. The van der Waals surface area contributed by atoms with Gasteiger partial charge >= 0.3 is 0 Å². The van der Waals surface area contributed by atoms with Gasteiger partial charge in [-0.2, -0.15) is 0 Å². The highest BCUT2D eigenvalue weighted by Gasteiger charge is 2.36. The van der Waals surface area contributed by atoms with E-state index in [1.807, 2.05) is 0 Å². The Morgan fingerprint density at radius 1 is 0.297 bits per heavy atom. The molecule has 3 rings (SSSR count). The fourth-order valence-electron chi connectivity index (χ4n) is 11.6. The van der Waals surface area contributed by atoms with E-state index in [9.17, 15) is 5.53 Å². The Kier molecular flexibility index (Phi) is 39.9. The molecule has 418 valence electrons. The predicted octanol–water partition coefficient (Wildman–Crippen LogP) is 24.3. The molecule has 2 aromatic rings. The third kappa shape index (κ3) is 29.0. The highest BCUT2D eigenvalue weighted by atomic mass is 15.2. The number of hydrogen-bond donors (Lipinski definition) is 0. The molecule has 0 bridgehead atoms. The normalized spacial score (nSPS) is 12.7. The van der Waals surface area contributed by atoms with Gasteiger partial charge in [0.2, 0.25) is 11.4 Å². The number of aryl methyl sites for hydroxylation is 4. The molecule has 0 saturated heterocycles. The molecule has 0 aromatic heterocycles. The largest absolute Gasteiger partial charge is 0.493 e. The first-order valence-corrected chi connectivity index (χ1v) is 33.2. The maximum absolute atomic E-state index is 13.1. The van der Waals surface area contributed by atoms with E-state index in [1.165, 1.54) is 289 Å². The van der Waals surface area contributed by atoms with Gasteiger partial charge in [0.15, 0.2) is 0 Å². The van der Waals surface area contributed by atoms with Gasteiger partial charge in [0.1, 0.15) is 5.57 Å². The summed E-state index contributed by atoms with van der Waals surface area (Å²) < 4.78 is 1.66. The zero-order chi connectivity index (χ0) is 52.9. The second kappa shape index (κ2) is 45.1. The van der Waals surface area contributed by atoms with Crippen molar-refractivity contribution in [3.05, 3.63) is 86.5 Å². The molecule has 0 saturated carbocycles. The topological polar surface area (TPSA) is 25.3 Å². The first-order valence-electron chi connectivity index (χ1n) is 33.2. The molecule has 0 fully saturated rings. The van der Waals surface area contributed by atoms with Crippen molar-refractivity contribution in [1.29, 1.82) is 0 Å². The van der Waals surface area contributed by atoms with Crippen molar-refractivity contribution in [2.75, 3.05) is 0 Å². The number of rotatable bonds is 49. The molecule has 2 aromatic carbocycles. The van der Waals surface area contributed by atoms with Gasteiger partial charge < -0.3 is 5.53 Å². The van der Waals surface area contributed by atoms with E-state index >= 15 is 0 Å². The predicted molar refractivity (Wildman–Crippen MR) is 330 cm³/mol. The molecular formula is C72H120N2. The van der Waals surface area contributed by atoms with Gasteiger partial charge in [-0.15, -0.1) is 0 Å². The summed E-state index contributed by atoms with van der Waals surface area (Å²) in [5.41, 5.74) is 25.6. The van der Waals surface area contributed by atoms with Gasteiger partial charge in [-0.25, -0.2) is 4.70 Å². The Hall–Kier alpha value is -2.92. The fraction of sp³-hybridized carbons (Fsp3) is 0.750. The van der Waals surface area contributed by atoms with Crippen LogP contribution in [0.15, 0.2) is 47.5 Å². The van der Waals surface area contributed by atoms with Crippen molar-refractivity contribution in [3.63, 3.8) is 0 Å². The number of benzene rings is 2. The lowest BCUT2D eigenvalue weighted by Gasteiger charge is -2.15. The lowest BCUT2D eigenvalue weighted by Crippen LogP contribution is -2.05. The first kappa shape index (κ1) is 65.4. The molecule has 0 radical (unpaired) electrons. The van der Waals surface area contributed by atoms with Crippen molar-refractivity contribution in [1.82, 2.24) is 0 Å². The van der Waals surface area contributed by atoms with Gasteiger partial charge in [-0.1, -0.05) is 297 Å². The maximum Gasteiger partial charge on any atom is 0.223 e. The zero-order valence-electron chi connectivity index (χ0n) is 50.3. The molecule has 74 heavy (non-hydrogen) atoms. The van der Waals surface area contributed by atoms with E-state index in [-0.39, 0.29) is 0 Å². The summed E-state index contributed by atoms with van der Waals surface area (Å²) in [6, 6.07) is 14.9. The molecule has 0 N–H and O–H groups in total. The van der Waals surface area contributed by atoms with E-state index in [2.05, 4.69) is 89.8 Å². The fourth-order valence-corrected chi connectivity index (χ4v) is 11.6. The number of nitrogens with zero attached hydrogens (tertiary/aromatic N) is 2. The molecule has 0 unspecified atom stereocenters. The monoisotopic (exact) mass is 1010 g/mol. The van der Waals surface area contributed by atoms with Gasteiger partial charge in [0.25, 0.3) is 0 Å². The van der Waals surface area contributed by atoms with Crippen LogP contribution in [0, 0.1) is 11.8 Å². The molecule has 0 atom stereocenters. The smallest absolute Gasteiger partial charge is 0.223 e. The molecule has 2 nitrogen and oxygen atoms in total. The van der Waals surface area contributed by atoms with Crippen LogP contribution in [-0.2, 0) is 25.7 Å². The SMILES string of the molecule is CCCCCCCCCCCCCCC#CC1=C(c2cc(CCCCCCCCC)cc(CCCCCCCCC)c2)[N+](=[N-])C(c2cc(CCCCCCCCC)cc(CCCCCCCCC)c2)=C1CCCC. The van der Waals surface area contributed by atoms with Crippen LogP contribution in [0.1, 0.15) is 357 Å². The van der Waals surface area contributed by atoms with Crippen molar-refractivity contribution < 1.29 is 4.70 Å². The average Bonchev–Trinajstić information content (AvgIpc) is 3.69. The van der Waals surface area contributed by atoms with E-state index in [0.29, 0.717) is 0 Å². The van der Waals surface area contributed by atoms with E-state index in [4.69, 9.17) is 0 Å². The van der Waals surface area contributed by atoms with E-state index in [1.54, 1.807) is 4.70 Å². The third-order valence-corrected chi connectivity index (χ3v) is 16.3. The molecular weight excluding hydrogens is 893 g/mol. The minimum atomic E-state index is 0.925. The number of unbranched alkanes of at least 4 members (excludes halogenated alkanes) is 37. The summed E-state index contributed by atoms with van der Waals surface area (Å²) in [4.78, 5) is 0. The highest BCUT2D eigenvalue weighted by molar-refractivity contribution is 5.86. The molecule has 2 heteroatoms. The summed E-state index contributed by atoms with van der Waals surface area (Å²) >= 11 is 0. The Morgan fingerprint density at radius 3 is 0.878 bits per heavy atom. The van der Waals surface area contributed by atoms with Crippen molar-refractivity contribution in [2.45, 2.75) is 350 Å². The standard InChI is InChI=1S/C72H120N2/c1-7-13-19-24-29-30-31-32-33-34-35-40-45-50-56-70-69(55-18-12-6)71(67-59-63(51-46-41-36-25-20-14-8-2)57-64(60-67)52-47-42-37-26-21-15-9-3)74(73)72(70)68-61-65(53-48-43-38-27-22-16-10-4)58-66(62-68)54-49-44-39-28-23-17-11-5/h57-62H,7-49,51-55H2,1-6H3. The van der Waals surface area contributed by atoms with Crippen LogP contribution in [0.25, 0.3) is 16.9 Å². The minimum absolute atomic E-state index is 0.925. The first-order chi connectivity index (χ1) is 36.5. The summed E-state index contributed by atoms with van der Waals surface area (Å²) in [6.07, 6.45) is 62.0. The molecule has 1 heterocycles. The van der Waals surface area contributed by atoms with Crippen molar-refractivity contribution in [2.24, 2.45) is 0 Å². The van der Waals surface area contributed by atoms with Crippen molar-refractivity contribution >= 4 is 11.4 Å². The summed E-state index contributed by atoms with van der Waals surface area (Å²) in [7, 11) is 0. The van der Waals surface area contributed by atoms with E-state index in [0.717, 1.165) is 74.8 Å².